The summed E-state index contributed by atoms with van der Waals surface area (Å²) < 4.78 is 0. The zero-order valence-corrected chi connectivity index (χ0v) is 20.0. The minimum atomic E-state index is 0.351. The second-order valence-electron chi connectivity index (χ2n) is 12.4. The van der Waals surface area contributed by atoms with Crippen molar-refractivity contribution in [1.82, 2.24) is 0 Å². The fraction of sp³-hybridized carbons (Fsp3) is 0.769. The highest BCUT2D eigenvalue weighted by atomic mass is 14.4. The molecule has 0 fully saturated rings. The Morgan fingerprint density at radius 2 is 0.923 bits per heavy atom. The van der Waals surface area contributed by atoms with Crippen molar-refractivity contribution < 1.29 is 0 Å². The third kappa shape index (κ3) is 6.75. The Bertz CT molecular complexity index is 545. The molecule has 0 nitrogen and oxygen atoms in total. The van der Waals surface area contributed by atoms with Crippen molar-refractivity contribution in [2.45, 2.75) is 120 Å². The minimum Gasteiger partial charge on any atom is -0.0602 e. The highest BCUT2D eigenvalue weighted by Gasteiger charge is 2.37. The summed E-state index contributed by atoms with van der Waals surface area (Å²) in [6.45, 7) is 27.8. The van der Waals surface area contributed by atoms with E-state index in [1.54, 1.807) is 11.1 Å². The highest BCUT2D eigenvalue weighted by molar-refractivity contribution is 5.46. The SMILES string of the molecule is CC(C)(C)CCC(C)(C)C.Cc1cc2c(cc1C)C(C)(C)CCC2(C)C. The topological polar surface area (TPSA) is 0 Å². The van der Waals surface area contributed by atoms with Crippen LogP contribution in [-0.2, 0) is 10.8 Å². The van der Waals surface area contributed by atoms with Gasteiger partial charge >= 0.3 is 0 Å². The summed E-state index contributed by atoms with van der Waals surface area (Å²) in [6, 6.07) is 4.84. The maximum Gasteiger partial charge on any atom is -0.0100 e. The first kappa shape index (κ1) is 23.3. The summed E-state index contributed by atoms with van der Waals surface area (Å²) in [7, 11) is 0. The summed E-state index contributed by atoms with van der Waals surface area (Å²) in [5.74, 6) is 0. The van der Waals surface area contributed by atoms with Crippen LogP contribution in [-0.4, -0.2) is 0 Å². The molecule has 0 aromatic heterocycles. The van der Waals surface area contributed by atoms with Gasteiger partial charge in [0, 0.05) is 0 Å². The first-order chi connectivity index (χ1) is 11.4. The molecular formula is C26H46. The lowest BCUT2D eigenvalue weighted by Crippen LogP contribution is -2.34. The predicted molar refractivity (Wildman–Crippen MR) is 119 cm³/mol. The molecular weight excluding hydrogens is 312 g/mol. The molecule has 0 aliphatic heterocycles. The lowest BCUT2D eigenvalue weighted by atomic mass is 9.62. The Balaban J connectivity index is 0.000000294. The molecule has 2 rings (SSSR count). The third-order valence-electron chi connectivity index (χ3n) is 6.09. The van der Waals surface area contributed by atoms with E-state index in [1.165, 1.54) is 36.8 Å². The first-order valence-corrected chi connectivity index (χ1v) is 10.6. The summed E-state index contributed by atoms with van der Waals surface area (Å²) in [4.78, 5) is 0. The second kappa shape index (κ2) is 7.69. The summed E-state index contributed by atoms with van der Waals surface area (Å²) >= 11 is 0. The number of fused-ring (bicyclic) bond motifs is 1. The Morgan fingerprint density at radius 1 is 0.654 bits per heavy atom. The van der Waals surface area contributed by atoms with Gasteiger partial charge in [-0.1, -0.05) is 81.4 Å². The van der Waals surface area contributed by atoms with E-state index in [0.717, 1.165) is 0 Å². The van der Waals surface area contributed by atoms with E-state index in [-0.39, 0.29) is 0 Å². The Morgan fingerprint density at radius 3 is 1.15 bits per heavy atom. The van der Waals surface area contributed by atoms with Crippen molar-refractivity contribution in [2.24, 2.45) is 10.8 Å². The molecule has 0 radical (unpaired) electrons. The first-order valence-electron chi connectivity index (χ1n) is 10.6. The van der Waals surface area contributed by atoms with Crippen LogP contribution < -0.4 is 0 Å². The fourth-order valence-corrected chi connectivity index (χ4v) is 3.58. The van der Waals surface area contributed by atoms with Gasteiger partial charge in [0.1, 0.15) is 0 Å². The Hall–Kier alpha value is -0.780. The van der Waals surface area contributed by atoms with Gasteiger partial charge in [0.05, 0.1) is 0 Å². The monoisotopic (exact) mass is 358 g/mol. The molecule has 26 heavy (non-hydrogen) atoms. The molecule has 0 spiro atoms. The van der Waals surface area contributed by atoms with Crippen molar-refractivity contribution in [3.05, 3.63) is 34.4 Å². The van der Waals surface area contributed by atoms with Crippen molar-refractivity contribution in [2.75, 3.05) is 0 Å². The molecule has 0 bridgehead atoms. The lowest BCUT2D eigenvalue weighted by Gasteiger charge is -2.42. The molecule has 0 heterocycles. The normalized spacial score (nSPS) is 18.6. The number of benzene rings is 1. The number of hydrogen-bond acceptors (Lipinski definition) is 0. The van der Waals surface area contributed by atoms with Crippen molar-refractivity contribution >= 4 is 0 Å². The van der Waals surface area contributed by atoms with E-state index in [9.17, 15) is 0 Å². The Kier molecular flexibility index (Phi) is 6.88. The molecule has 1 aromatic carbocycles. The van der Waals surface area contributed by atoms with E-state index in [0.29, 0.717) is 21.7 Å². The van der Waals surface area contributed by atoms with Gasteiger partial charge in [-0.2, -0.15) is 0 Å². The smallest absolute Gasteiger partial charge is 0.0100 e. The van der Waals surface area contributed by atoms with E-state index in [4.69, 9.17) is 0 Å². The molecule has 150 valence electrons. The van der Waals surface area contributed by atoms with Gasteiger partial charge in [0.15, 0.2) is 0 Å². The molecule has 0 saturated heterocycles. The maximum atomic E-state index is 2.42. The number of aryl methyl sites for hydroxylation is 2. The van der Waals surface area contributed by atoms with Crippen LogP contribution in [0.2, 0.25) is 0 Å². The third-order valence-corrected chi connectivity index (χ3v) is 6.09. The zero-order valence-electron chi connectivity index (χ0n) is 20.0. The summed E-state index contributed by atoms with van der Waals surface area (Å²) in [6.07, 6.45) is 5.26. The van der Waals surface area contributed by atoms with Crippen LogP contribution in [0.5, 0.6) is 0 Å². The van der Waals surface area contributed by atoms with Gasteiger partial charge < -0.3 is 0 Å². The minimum absolute atomic E-state index is 0.351. The van der Waals surface area contributed by atoms with Gasteiger partial charge in [-0.25, -0.2) is 0 Å². The lowest BCUT2D eigenvalue weighted by molar-refractivity contribution is 0.275. The van der Waals surface area contributed by atoms with Crippen molar-refractivity contribution in [3.8, 4) is 0 Å². The number of hydrogen-bond donors (Lipinski definition) is 0. The maximum absolute atomic E-state index is 2.42. The van der Waals surface area contributed by atoms with Crippen LogP contribution in [0.25, 0.3) is 0 Å². The van der Waals surface area contributed by atoms with Crippen LogP contribution >= 0.6 is 0 Å². The molecule has 0 amide bonds. The molecule has 1 aliphatic rings. The molecule has 0 unspecified atom stereocenters. The average molecular weight is 359 g/mol. The zero-order chi connectivity index (χ0) is 20.6. The quantitative estimate of drug-likeness (QED) is 0.472. The molecule has 0 saturated carbocycles. The summed E-state index contributed by atoms with van der Waals surface area (Å²) in [5.41, 5.74) is 7.74. The van der Waals surface area contributed by atoms with E-state index in [1.807, 2.05) is 0 Å². The van der Waals surface area contributed by atoms with Crippen LogP contribution in [0, 0.1) is 24.7 Å². The van der Waals surface area contributed by atoms with Crippen molar-refractivity contribution in [3.63, 3.8) is 0 Å². The largest absolute Gasteiger partial charge is 0.0602 e. The van der Waals surface area contributed by atoms with Crippen LogP contribution in [0.3, 0.4) is 0 Å². The van der Waals surface area contributed by atoms with Crippen LogP contribution in [0.4, 0.5) is 0 Å². The average Bonchev–Trinajstić information content (AvgIpc) is 2.44. The summed E-state index contributed by atoms with van der Waals surface area (Å²) in [5, 5.41) is 0. The molecule has 0 heteroatoms. The van der Waals surface area contributed by atoms with E-state index in [2.05, 4.69) is 95.2 Å². The standard InChI is InChI=1S/C16H24.C10H22/c1-11-9-13-14(10-12(11)2)16(5,6)8-7-15(13,3)4;1-9(2,3)7-8-10(4,5)6/h9-10H,7-8H2,1-6H3;7-8H2,1-6H3. The van der Waals surface area contributed by atoms with Gasteiger partial charge in [-0.05, 0) is 83.4 Å². The molecule has 0 atom stereocenters. The second-order valence-corrected chi connectivity index (χ2v) is 12.4. The van der Waals surface area contributed by atoms with Gasteiger partial charge in [-0.3, -0.25) is 0 Å². The van der Waals surface area contributed by atoms with Gasteiger partial charge in [0.25, 0.3) is 0 Å². The molecule has 1 aliphatic carbocycles. The van der Waals surface area contributed by atoms with Crippen LogP contribution in [0.1, 0.15) is 117 Å². The number of rotatable bonds is 1. The van der Waals surface area contributed by atoms with Gasteiger partial charge in [0.2, 0.25) is 0 Å². The van der Waals surface area contributed by atoms with Crippen molar-refractivity contribution in [1.29, 1.82) is 0 Å². The van der Waals surface area contributed by atoms with E-state index < -0.39 is 0 Å². The molecule has 0 N–H and O–H groups in total. The fourth-order valence-electron chi connectivity index (χ4n) is 3.58. The molecule has 1 aromatic rings. The van der Waals surface area contributed by atoms with E-state index >= 15 is 0 Å². The Labute approximate surface area is 165 Å². The van der Waals surface area contributed by atoms with Crippen LogP contribution in [0.15, 0.2) is 12.1 Å². The predicted octanol–water partition coefficient (Wildman–Crippen LogP) is 8.51. The van der Waals surface area contributed by atoms with Gasteiger partial charge in [-0.15, -0.1) is 0 Å². The highest BCUT2D eigenvalue weighted by Crippen LogP contribution is 2.46.